The van der Waals surface area contributed by atoms with E-state index < -0.39 is 0 Å². The van der Waals surface area contributed by atoms with Gasteiger partial charge in [-0.15, -0.1) is 24.0 Å². The minimum Gasteiger partial charge on any atom is -0.497 e. The van der Waals surface area contributed by atoms with Crippen molar-refractivity contribution >= 4 is 29.9 Å². The van der Waals surface area contributed by atoms with Crippen molar-refractivity contribution in [3.63, 3.8) is 0 Å². The molecule has 1 aromatic rings. The summed E-state index contributed by atoms with van der Waals surface area (Å²) in [5.41, 5.74) is 12.1. The van der Waals surface area contributed by atoms with E-state index in [4.69, 9.17) is 16.2 Å². The summed E-state index contributed by atoms with van der Waals surface area (Å²) in [5, 5.41) is 0. The molecule has 0 aromatic heterocycles. The highest BCUT2D eigenvalue weighted by Crippen LogP contribution is 2.27. The van der Waals surface area contributed by atoms with Crippen LogP contribution in [0.3, 0.4) is 0 Å². The summed E-state index contributed by atoms with van der Waals surface area (Å²) in [5.74, 6) is 1.01. The topological polar surface area (TPSA) is 76.9 Å². The van der Waals surface area contributed by atoms with E-state index in [1.807, 2.05) is 12.1 Å². The molecule has 5 nitrogen and oxygen atoms in total. The van der Waals surface area contributed by atoms with Crippen LogP contribution in [0.5, 0.6) is 5.75 Å². The van der Waals surface area contributed by atoms with Crippen molar-refractivity contribution in [3.05, 3.63) is 29.8 Å². The molecule has 0 radical (unpaired) electrons. The van der Waals surface area contributed by atoms with Gasteiger partial charge in [0.25, 0.3) is 0 Å². The van der Waals surface area contributed by atoms with Crippen molar-refractivity contribution in [3.8, 4) is 5.75 Å². The summed E-state index contributed by atoms with van der Waals surface area (Å²) >= 11 is 0. The number of aliphatic imine (C=N–C) groups is 1. The third-order valence-electron chi connectivity index (χ3n) is 3.51. The molecule has 4 N–H and O–H groups in total. The number of nitrogens with two attached hydrogens (primary N) is 2. The summed E-state index contributed by atoms with van der Waals surface area (Å²) in [6.45, 7) is 2.79. The lowest BCUT2D eigenvalue weighted by atomic mass is 10.1. The average molecular weight is 390 g/mol. The van der Waals surface area contributed by atoms with Crippen LogP contribution in [-0.4, -0.2) is 37.6 Å². The molecular formula is C14H23IN4O. The molecule has 112 valence electrons. The van der Waals surface area contributed by atoms with E-state index in [0.29, 0.717) is 6.54 Å². The third kappa shape index (κ3) is 4.52. The van der Waals surface area contributed by atoms with Gasteiger partial charge in [0.15, 0.2) is 5.96 Å². The van der Waals surface area contributed by atoms with Crippen molar-refractivity contribution < 1.29 is 4.74 Å². The Bertz CT molecular complexity index is 443. The zero-order valence-electron chi connectivity index (χ0n) is 11.8. The second kappa shape index (κ2) is 8.31. The molecule has 1 aliphatic rings. The second-order valence-corrected chi connectivity index (χ2v) is 4.80. The first-order valence-electron chi connectivity index (χ1n) is 6.64. The number of halogens is 1. The Morgan fingerprint density at radius 1 is 1.35 bits per heavy atom. The van der Waals surface area contributed by atoms with Gasteiger partial charge in [-0.25, -0.2) is 0 Å². The van der Waals surface area contributed by atoms with Crippen molar-refractivity contribution in [2.75, 3.05) is 26.7 Å². The normalized spacial score (nSPS) is 16.2. The number of methoxy groups -OCH3 is 1. The lowest BCUT2D eigenvalue weighted by Crippen LogP contribution is -2.30. The number of hydrogen-bond donors (Lipinski definition) is 2. The van der Waals surface area contributed by atoms with E-state index >= 15 is 0 Å². The summed E-state index contributed by atoms with van der Waals surface area (Å²) in [6, 6.07) is 8.34. The van der Waals surface area contributed by atoms with Gasteiger partial charge in [0, 0.05) is 0 Å². The number of guanidine groups is 1. The van der Waals surface area contributed by atoms with E-state index in [2.05, 4.69) is 22.0 Å². The molecule has 0 amide bonds. The third-order valence-corrected chi connectivity index (χ3v) is 3.51. The zero-order valence-corrected chi connectivity index (χ0v) is 14.1. The first-order valence-corrected chi connectivity index (χ1v) is 6.64. The van der Waals surface area contributed by atoms with Gasteiger partial charge in [-0.05, 0) is 43.6 Å². The van der Waals surface area contributed by atoms with Crippen LogP contribution in [-0.2, 0) is 0 Å². The highest BCUT2D eigenvalue weighted by atomic mass is 127. The Balaban J connectivity index is 0.00000200. The molecule has 1 aromatic carbocycles. The van der Waals surface area contributed by atoms with Gasteiger partial charge in [0.05, 0.1) is 19.7 Å². The molecule has 0 spiro atoms. The van der Waals surface area contributed by atoms with Gasteiger partial charge >= 0.3 is 0 Å². The molecule has 6 heteroatoms. The van der Waals surface area contributed by atoms with Crippen molar-refractivity contribution in [1.29, 1.82) is 0 Å². The molecule has 1 aliphatic heterocycles. The molecule has 1 heterocycles. The number of nitrogens with zero attached hydrogens (tertiary/aromatic N) is 2. The predicted molar refractivity (Wildman–Crippen MR) is 92.6 cm³/mol. The van der Waals surface area contributed by atoms with Crippen LogP contribution >= 0.6 is 24.0 Å². The predicted octanol–water partition coefficient (Wildman–Crippen LogP) is 1.72. The molecule has 0 bridgehead atoms. The van der Waals surface area contributed by atoms with Crippen molar-refractivity contribution in [2.24, 2.45) is 16.5 Å². The highest BCUT2D eigenvalue weighted by molar-refractivity contribution is 14.0. The maximum absolute atomic E-state index is 5.46. The van der Waals surface area contributed by atoms with E-state index in [1.165, 1.54) is 18.4 Å². The molecule has 1 fully saturated rings. The number of hydrogen-bond acceptors (Lipinski definition) is 3. The van der Waals surface area contributed by atoms with Crippen molar-refractivity contribution in [2.45, 2.75) is 18.9 Å². The van der Waals surface area contributed by atoms with Gasteiger partial charge in [-0.1, -0.05) is 12.1 Å². The fourth-order valence-corrected chi connectivity index (χ4v) is 2.53. The Morgan fingerprint density at radius 3 is 2.65 bits per heavy atom. The first kappa shape index (κ1) is 17.0. The smallest absolute Gasteiger partial charge is 0.185 e. The van der Waals surface area contributed by atoms with E-state index in [0.717, 1.165) is 18.8 Å². The molecule has 1 atom stereocenters. The molecule has 1 saturated heterocycles. The molecular weight excluding hydrogens is 367 g/mol. The standard InChI is InChI=1S/C14H22N4O.HI/c1-19-12-6-4-5-11(9-12)13(10-17-14(15)16)18-7-2-3-8-18;/h4-6,9,13H,2-3,7-8,10H2,1H3,(H4,15,16,17);1H. The molecule has 0 saturated carbocycles. The van der Waals surface area contributed by atoms with Gasteiger partial charge in [-0.3, -0.25) is 9.89 Å². The largest absolute Gasteiger partial charge is 0.497 e. The second-order valence-electron chi connectivity index (χ2n) is 4.80. The minimum absolute atomic E-state index is 0. The monoisotopic (exact) mass is 390 g/mol. The average Bonchev–Trinajstić information content (AvgIpc) is 2.93. The van der Waals surface area contributed by atoms with Gasteiger partial charge < -0.3 is 16.2 Å². The van der Waals surface area contributed by atoms with Crippen LogP contribution in [0.4, 0.5) is 0 Å². The first-order chi connectivity index (χ1) is 9.20. The Labute approximate surface area is 137 Å². The van der Waals surface area contributed by atoms with Crippen LogP contribution in [0.25, 0.3) is 0 Å². The lowest BCUT2D eigenvalue weighted by Gasteiger charge is -2.26. The van der Waals surface area contributed by atoms with Crippen LogP contribution in [0, 0.1) is 0 Å². The van der Waals surface area contributed by atoms with E-state index in [-0.39, 0.29) is 36.0 Å². The van der Waals surface area contributed by atoms with Gasteiger partial charge in [0.2, 0.25) is 0 Å². The molecule has 0 aliphatic carbocycles. The molecule has 1 unspecified atom stereocenters. The lowest BCUT2D eigenvalue weighted by molar-refractivity contribution is 0.251. The fraction of sp³-hybridized carbons (Fsp3) is 0.500. The SMILES string of the molecule is COc1cccc(C(CN=C(N)N)N2CCCC2)c1.I. The summed E-state index contributed by atoms with van der Waals surface area (Å²) in [6.07, 6.45) is 2.48. The number of benzene rings is 1. The Hall–Kier alpha value is -1.02. The number of rotatable bonds is 5. The summed E-state index contributed by atoms with van der Waals surface area (Å²) in [7, 11) is 1.68. The highest BCUT2D eigenvalue weighted by Gasteiger charge is 2.23. The quantitative estimate of drug-likeness (QED) is 0.456. The van der Waals surface area contributed by atoms with Crippen LogP contribution in [0.2, 0.25) is 0 Å². The number of likely N-dealkylation sites (tertiary alicyclic amines) is 1. The Kier molecular flexibility index (Phi) is 7.08. The number of ether oxygens (including phenoxy) is 1. The molecule has 2 rings (SSSR count). The summed E-state index contributed by atoms with van der Waals surface area (Å²) in [4.78, 5) is 6.62. The maximum Gasteiger partial charge on any atom is 0.185 e. The fourth-order valence-electron chi connectivity index (χ4n) is 2.53. The molecule has 20 heavy (non-hydrogen) atoms. The van der Waals surface area contributed by atoms with Crippen LogP contribution in [0.1, 0.15) is 24.4 Å². The van der Waals surface area contributed by atoms with Gasteiger partial charge in [-0.2, -0.15) is 0 Å². The maximum atomic E-state index is 5.46. The van der Waals surface area contributed by atoms with E-state index in [9.17, 15) is 0 Å². The Morgan fingerprint density at radius 2 is 2.05 bits per heavy atom. The van der Waals surface area contributed by atoms with Crippen LogP contribution < -0.4 is 16.2 Å². The minimum atomic E-state index is 0. The summed E-state index contributed by atoms with van der Waals surface area (Å²) < 4.78 is 5.29. The zero-order chi connectivity index (χ0) is 13.7. The van der Waals surface area contributed by atoms with E-state index in [1.54, 1.807) is 7.11 Å². The van der Waals surface area contributed by atoms with Crippen molar-refractivity contribution in [1.82, 2.24) is 4.90 Å². The van der Waals surface area contributed by atoms with Crippen LogP contribution in [0.15, 0.2) is 29.3 Å². The van der Waals surface area contributed by atoms with Gasteiger partial charge in [0.1, 0.15) is 5.75 Å².